The van der Waals surface area contributed by atoms with E-state index in [0.29, 0.717) is 6.42 Å². The molecule has 0 fully saturated rings. The van der Waals surface area contributed by atoms with E-state index in [1.165, 1.54) is 11.1 Å². The molecule has 0 unspecified atom stereocenters. The molecule has 13 heavy (non-hydrogen) atoms. The number of fused-ring (bicyclic) bond motifs is 1. The first-order valence-electron chi connectivity index (χ1n) is 4.48. The number of hydrogen-bond acceptors (Lipinski definition) is 2. The predicted molar refractivity (Wildman–Crippen MR) is 49.9 cm³/mol. The highest BCUT2D eigenvalue weighted by Crippen LogP contribution is 2.31. The van der Waals surface area contributed by atoms with Crippen LogP contribution in [0.4, 0.5) is 0 Å². The summed E-state index contributed by atoms with van der Waals surface area (Å²) in [6, 6.07) is 4.07. The van der Waals surface area contributed by atoms with E-state index in [-0.39, 0.29) is 5.97 Å². The van der Waals surface area contributed by atoms with E-state index in [4.69, 9.17) is 4.74 Å². The van der Waals surface area contributed by atoms with Crippen LogP contribution in [0.2, 0.25) is 0 Å². The van der Waals surface area contributed by atoms with Crippen LogP contribution in [0.3, 0.4) is 0 Å². The molecule has 0 atom stereocenters. The maximum absolute atomic E-state index is 11.1. The van der Waals surface area contributed by atoms with Crippen molar-refractivity contribution in [2.45, 2.75) is 26.7 Å². The Balaban J connectivity index is 2.57. The molecule has 1 heterocycles. The van der Waals surface area contributed by atoms with Gasteiger partial charge in [-0.05, 0) is 37.0 Å². The van der Waals surface area contributed by atoms with E-state index >= 15 is 0 Å². The van der Waals surface area contributed by atoms with Gasteiger partial charge in [-0.15, -0.1) is 0 Å². The molecule has 2 nitrogen and oxygen atoms in total. The lowest BCUT2D eigenvalue weighted by Crippen LogP contribution is -2.17. The minimum Gasteiger partial charge on any atom is -0.426 e. The zero-order chi connectivity index (χ0) is 9.42. The summed E-state index contributed by atoms with van der Waals surface area (Å²) < 4.78 is 5.20. The van der Waals surface area contributed by atoms with Crippen molar-refractivity contribution in [2.24, 2.45) is 0 Å². The first-order valence-corrected chi connectivity index (χ1v) is 4.48. The molecule has 0 aromatic heterocycles. The average molecular weight is 176 g/mol. The van der Waals surface area contributed by atoms with Crippen molar-refractivity contribution in [3.05, 3.63) is 28.8 Å². The first kappa shape index (κ1) is 8.30. The molecule has 1 aliphatic heterocycles. The monoisotopic (exact) mass is 176 g/mol. The Hall–Kier alpha value is -1.31. The third kappa shape index (κ3) is 1.32. The molecular weight excluding hydrogens is 164 g/mol. The largest absolute Gasteiger partial charge is 0.426 e. The molecule has 0 aliphatic carbocycles. The second-order valence-electron chi connectivity index (χ2n) is 3.48. The summed E-state index contributed by atoms with van der Waals surface area (Å²) in [6.45, 7) is 4.02. The second-order valence-corrected chi connectivity index (χ2v) is 3.48. The van der Waals surface area contributed by atoms with Gasteiger partial charge in [-0.3, -0.25) is 4.79 Å². The minimum absolute atomic E-state index is 0.110. The Morgan fingerprint density at radius 1 is 1.15 bits per heavy atom. The van der Waals surface area contributed by atoms with Crippen molar-refractivity contribution in [3.63, 3.8) is 0 Å². The molecule has 0 radical (unpaired) electrons. The predicted octanol–water partition coefficient (Wildman–Crippen LogP) is 2.16. The van der Waals surface area contributed by atoms with Gasteiger partial charge in [0, 0.05) is 0 Å². The maximum atomic E-state index is 11.1. The number of benzene rings is 1. The topological polar surface area (TPSA) is 26.3 Å². The molecule has 2 rings (SSSR count). The third-order valence-corrected chi connectivity index (χ3v) is 2.49. The lowest BCUT2D eigenvalue weighted by Gasteiger charge is -2.19. The van der Waals surface area contributed by atoms with Crippen LogP contribution >= 0.6 is 0 Å². The number of ether oxygens (including phenoxy) is 1. The molecule has 0 bridgehead atoms. The van der Waals surface area contributed by atoms with Gasteiger partial charge < -0.3 is 4.74 Å². The van der Waals surface area contributed by atoms with Crippen LogP contribution in [0.15, 0.2) is 12.1 Å². The van der Waals surface area contributed by atoms with Crippen LogP contribution in [0.1, 0.15) is 23.1 Å². The number of carbonyl (C=O) groups is 1. The van der Waals surface area contributed by atoms with Crippen LogP contribution in [-0.4, -0.2) is 5.97 Å². The molecule has 1 aliphatic rings. The zero-order valence-corrected chi connectivity index (χ0v) is 7.89. The number of rotatable bonds is 0. The normalized spacial score (nSPS) is 15.1. The van der Waals surface area contributed by atoms with E-state index in [2.05, 4.69) is 13.0 Å². The van der Waals surface area contributed by atoms with E-state index < -0.39 is 0 Å². The highest BCUT2D eigenvalue weighted by atomic mass is 16.5. The summed E-state index contributed by atoms with van der Waals surface area (Å²) in [5.74, 6) is 0.678. The van der Waals surface area contributed by atoms with E-state index in [1.54, 1.807) is 0 Å². The van der Waals surface area contributed by atoms with E-state index in [9.17, 15) is 4.79 Å². The van der Waals surface area contributed by atoms with Gasteiger partial charge >= 0.3 is 5.97 Å². The quantitative estimate of drug-likeness (QED) is 0.447. The Morgan fingerprint density at radius 3 is 2.62 bits per heavy atom. The summed E-state index contributed by atoms with van der Waals surface area (Å²) in [7, 11) is 0. The van der Waals surface area contributed by atoms with Gasteiger partial charge in [-0.25, -0.2) is 0 Å². The van der Waals surface area contributed by atoms with Crippen molar-refractivity contribution >= 4 is 5.97 Å². The van der Waals surface area contributed by atoms with Crippen molar-refractivity contribution < 1.29 is 9.53 Å². The van der Waals surface area contributed by atoms with Crippen molar-refractivity contribution in [1.82, 2.24) is 0 Å². The summed E-state index contributed by atoms with van der Waals surface area (Å²) in [5.41, 5.74) is 3.46. The van der Waals surface area contributed by atoms with Gasteiger partial charge in [0.1, 0.15) is 5.75 Å². The van der Waals surface area contributed by atoms with Crippen LogP contribution in [0.25, 0.3) is 0 Å². The van der Waals surface area contributed by atoms with Crippen molar-refractivity contribution in [1.29, 1.82) is 0 Å². The number of aryl methyl sites for hydroxylation is 2. The van der Waals surface area contributed by atoms with Gasteiger partial charge in [0.15, 0.2) is 0 Å². The Kier molecular flexibility index (Phi) is 1.83. The zero-order valence-electron chi connectivity index (χ0n) is 7.89. The number of esters is 1. The highest BCUT2D eigenvalue weighted by molar-refractivity contribution is 5.76. The fraction of sp³-hybridized carbons (Fsp3) is 0.364. The summed E-state index contributed by atoms with van der Waals surface area (Å²) in [5, 5.41) is 0. The molecular formula is C11H12O2. The molecule has 0 spiro atoms. The van der Waals surface area contributed by atoms with Crippen LogP contribution in [-0.2, 0) is 11.2 Å². The Morgan fingerprint density at radius 2 is 1.85 bits per heavy atom. The second kappa shape index (κ2) is 2.87. The molecule has 0 N–H and O–H groups in total. The summed E-state index contributed by atoms with van der Waals surface area (Å²) >= 11 is 0. The Bertz CT molecular complexity index is 367. The number of carbonyl (C=O) groups excluding carboxylic acids is 1. The van der Waals surface area contributed by atoms with Crippen LogP contribution < -0.4 is 4.74 Å². The highest BCUT2D eigenvalue weighted by Gasteiger charge is 2.19. The van der Waals surface area contributed by atoms with E-state index in [0.717, 1.165) is 17.7 Å². The lowest BCUT2D eigenvalue weighted by molar-refractivity contribution is -0.135. The van der Waals surface area contributed by atoms with Gasteiger partial charge in [0.25, 0.3) is 0 Å². The maximum Gasteiger partial charge on any atom is 0.311 e. The summed E-state index contributed by atoms with van der Waals surface area (Å²) in [4.78, 5) is 11.1. The van der Waals surface area contributed by atoms with Crippen LogP contribution in [0.5, 0.6) is 5.75 Å². The fourth-order valence-electron chi connectivity index (χ4n) is 1.69. The molecule has 0 amide bonds. The molecule has 2 heteroatoms. The van der Waals surface area contributed by atoms with Crippen molar-refractivity contribution in [3.8, 4) is 5.75 Å². The smallest absolute Gasteiger partial charge is 0.311 e. The van der Waals surface area contributed by atoms with Gasteiger partial charge in [-0.2, -0.15) is 0 Å². The molecule has 68 valence electrons. The minimum atomic E-state index is -0.110. The van der Waals surface area contributed by atoms with Gasteiger partial charge in [-0.1, -0.05) is 12.1 Å². The standard InChI is InChI=1S/C11H12O2/c1-7-3-4-8(2)11-9(7)5-6-10(12)13-11/h3-4H,5-6H2,1-2H3. The lowest BCUT2D eigenvalue weighted by atomic mass is 9.98. The Labute approximate surface area is 77.5 Å². The van der Waals surface area contributed by atoms with Crippen molar-refractivity contribution in [2.75, 3.05) is 0 Å². The number of hydrogen-bond donors (Lipinski definition) is 0. The SMILES string of the molecule is Cc1ccc(C)c2c1CCC(=O)O2. The molecule has 1 aromatic rings. The first-order chi connectivity index (χ1) is 6.18. The molecule has 0 saturated carbocycles. The van der Waals surface area contributed by atoms with Gasteiger partial charge in [0.2, 0.25) is 0 Å². The summed E-state index contributed by atoms with van der Waals surface area (Å²) in [6.07, 6.45) is 1.33. The van der Waals surface area contributed by atoms with E-state index in [1.807, 2.05) is 13.0 Å². The van der Waals surface area contributed by atoms with Gasteiger partial charge in [0.05, 0.1) is 6.42 Å². The van der Waals surface area contributed by atoms with Crippen LogP contribution in [0, 0.1) is 13.8 Å². The molecule has 1 aromatic carbocycles. The third-order valence-electron chi connectivity index (χ3n) is 2.49. The average Bonchev–Trinajstić information content (AvgIpc) is 2.12. The fourth-order valence-corrected chi connectivity index (χ4v) is 1.69. The molecule has 0 saturated heterocycles.